The zero-order chi connectivity index (χ0) is 24.5. The van der Waals surface area contributed by atoms with Gasteiger partial charge in [-0.15, -0.1) is 0 Å². The zero-order valence-electron chi connectivity index (χ0n) is 21.6. The summed E-state index contributed by atoms with van der Waals surface area (Å²) in [6.45, 7) is 13.6. The average Bonchev–Trinajstić information content (AvgIpc) is 2.86. The van der Waals surface area contributed by atoms with Gasteiger partial charge in [-0.25, -0.2) is 4.79 Å². The lowest BCUT2D eigenvalue weighted by Crippen LogP contribution is -2.67. The average molecular weight is 478 g/mol. The number of carbonyl (C=O) groups excluding carboxylic acids is 1. The molecule has 1 unspecified atom stereocenters. The number of hydrogen-bond donors (Lipinski definition) is 0. The minimum absolute atomic E-state index is 0.0114. The molecule has 4 heterocycles. The van der Waals surface area contributed by atoms with Crippen molar-refractivity contribution in [1.82, 2.24) is 4.90 Å². The van der Waals surface area contributed by atoms with Crippen LogP contribution in [-0.2, 0) is 15.1 Å². The van der Waals surface area contributed by atoms with Crippen LogP contribution in [-0.4, -0.2) is 67.3 Å². The Kier molecular flexibility index (Phi) is 6.67. The molecule has 6 rings (SSSR count). The lowest BCUT2D eigenvalue weighted by Gasteiger charge is -2.55. The summed E-state index contributed by atoms with van der Waals surface area (Å²) < 4.78 is 13.4. The van der Waals surface area contributed by atoms with E-state index in [0.29, 0.717) is 5.92 Å². The van der Waals surface area contributed by atoms with Gasteiger partial charge in [-0.2, -0.15) is 0 Å². The van der Waals surface area contributed by atoms with Gasteiger partial charge in [0.1, 0.15) is 17.8 Å². The van der Waals surface area contributed by atoms with Gasteiger partial charge in [0.15, 0.2) is 6.10 Å². The Morgan fingerprint density at radius 2 is 1.66 bits per heavy atom. The molecule has 4 aliphatic rings. The summed E-state index contributed by atoms with van der Waals surface area (Å²) in [5.41, 5.74) is 0.531. The lowest BCUT2D eigenvalue weighted by molar-refractivity contribution is -0.946. The first kappa shape index (κ1) is 24.3. The summed E-state index contributed by atoms with van der Waals surface area (Å²) in [4.78, 5) is 16.2. The Labute approximate surface area is 210 Å². The number of benzene rings is 2. The number of fused-ring (bicyclic) bond motifs is 3. The Morgan fingerprint density at radius 3 is 2.29 bits per heavy atom. The molecule has 2 aromatic rings. The maximum atomic E-state index is 13.9. The molecule has 5 nitrogen and oxygen atoms in total. The number of rotatable bonds is 9. The van der Waals surface area contributed by atoms with Gasteiger partial charge in [-0.1, -0.05) is 62.4 Å². The molecule has 0 saturated carbocycles. The summed E-state index contributed by atoms with van der Waals surface area (Å²) in [6.07, 6.45) is 3.33. The molecule has 2 atom stereocenters. The van der Waals surface area contributed by atoms with E-state index >= 15 is 0 Å². The Hall–Kier alpha value is -2.37. The highest BCUT2D eigenvalue weighted by molar-refractivity contribution is 5.82. The molecule has 0 N–H and O–H groups in total. The summed E-state index contributed by atoms with van der Waals surface area (Å²) in [5.74, 6) is 1.35. The van der Waals surface area contributed by atoms with Gasteiger partial charge in [-0.3, -0.25) is 4.90 Å². The summed E-state index contributed by atoms with van der Waals surface area (Å²) >= 11 is 0. The van der Waals surface area contributed by atoms with Crippen molar-refractivity contribution >= 4 is 5.97 Å². The number of ether oxygens (including phenoxy) is 2. The van der Waals surface area contributed by atoms with Gasteiger partial charge in [0, 0.05) is 38.3 Å². The van der Waals surface area contributed by atoms with E-state index in [0.717, 1.165) is 67.8 Å². The number of carbonyl (C=O) groups is 1. The van der Waals surface area contributed by atoms with Gasteiger partial charge < -0.3 is 14.0 Å². The fraction of sp³-hybridized carbons (Fsp3) is 0.567. The normalized spacial score (nSPS) is 29.1. The minimum atomic E-state index is -0.739. The third kappa shape index (κ3) is 4.99. The van der Waals surface area contributed by atoms with Crippen LogP contribution in [0.4, 0.5) is 0 Å². The van der Waals surface area contributed by atoms with E-state index < -0.39 is 5.54 Å². The summed E-state index contributed by atoms with van der Waals surface area (Å²) in [7, 11) is 0. The molecular formula is C30H41N2O3+. The van der Waals surface area contributed by atoms with Gasteiger partial charge >= 0.3 is 5.97 Å². The highest BCUT2D eigenvalue weighted by atomic mass is 16.5. The van der Waals surface area contributed by atoms with E-state index in [1.807, 2.05) is 48.5 Å². The van der Waals surface area contributed by atoms with Crippen molar-refractivity contribution in [3.8, 4) is 5.75 Å². The molecule has 5 heteroatoms. The number of likely N-dealkylation sites (tertiary alicyclic amines) is 1. The van der Waals surface area contributed by atoms with Gasteiger partial charge in [0.05, 0.1) is 26.2 Å². The first-order chi connectivity index (χ1) is 16.8. The van der Waals surface area contributed by atoms with Gasteiger partial charge in [-0.05, 0) is 30.0 Å². The van der Waals surface area contributed by atoms with Crippen LogP contribution < -0.4 is 4.74 Å². The van der Waals surface area contributed by atoms with E-state index in [2.05, 4.69) is 37.8 Å². The standard InChI is InChI=1S/C30H41N2O3/c1-29(2)22-31(23-29)30(3,25-11-6-4-7-12-25)28(33)35-27-21-32(18-15-24(27)16-19-32)17-10-20-34-26-13-8-5-9-14-26/h4-9,11-14,24,27H,10,15-23H2,1-3H3/q+1/t24?,27-,30?,32?/m0/s1. The zero-order valence-corrected chi connectivity index (χ0v) is 21.6. The van der Waals surface area contributed by atoms with E-state index in [1.165, 1.54) is 13.1 Å². The van der Waals surface area contributed by atoms with E-state index in [9.17, 15) is 4.79 Å². The van der Waals surface area contributed by atoms with Crippen molar-refractivity contribution in [3.05, 3.63) is 66.2 Å². The van der Waals surface area contributed by atoms with Crippen molar-refractivity contribution < 1.29 is 18.8 Å². The Balaban J connectivity index is 1.23. The molecule has 4 fully saturated rings. The molecule has 0 aromatic heterocycles. The highest BCUT2D eigenvalue weighted by Crippen LogP contribution is 2.42. The number of quaternary nitrogens is 1. The fourth-order valence-corrected chi connectivity index (χ4v) is 6.52. The van der Waals surface area contributed by atoms with E-state index in [-0.39, 0.29) is 17.5 Å². The van der Waals surface area contributed by atoms with Crippen LogP contribution in [0.25, 0.3) is 0 Å². The number of esters is 1. The topological polar surface area (TPSA) is 38.8 Å². The third-order valence-electron chi connectivity index (χ3n) is 8.69. The number of nitrogens with zero attached hydrogens (tertiary/aromatic N) is 2. The van der Waals surface area contributed by atoms with Crippen LogP contribution in [0, 0.1) is 11.3 Å². The third-order valence-corrected chi connectivity index (χ3v) is 8.69. The van der Waals surface area contributed by atoms with Crippen LogP contribution in [0.15, 0.2) is 60.7 Å². The molecule has 4 aliphatic heterocycles. The van der Waals surface area contributed by atoms with Gasteiger partial charge in [0.2, 0.25) is 0 Å². The lowest BCUT2D eigenvalue weighted by atomic mass is 9.77. The highest BCUT2D eigenvalue weighted by Gasteiger charge is 2.53. The SMILES string of the molecule is CC1(C)CN(C(C)(C(=O)O[C@H]2C[N+]3(CCCOc4ccccc4)CCC2CC3)c2ccccc2)C1. The van der Waals surface area contributed by atoms with Gasteiger partial charge in [0.25, 0.3) is 0 Å². The molecular weight excluding hydrogens is 436 g/mol. The number of piperidine rings is 3. The largest absolute Gasteiger partial charge is 0.493 e. The summed E-state index contributed by atoms with van der Waals surface area (Å²) in [5, 5.41) is 0. The van der Waals surface area contributed by atoms with E-state index in [1.54, 1.807) is 0 Å². The minimum Gasteiger partial charge on any atom is -0.493 e. The predicted molar refractivity (Wildman–Crippen MR) is 138 cm³/mol. The molecule has 0 radical (unpaired) electrons. The molecule has 35 heavy (non-hydrogen) atoms. The van der Waals surface area contributed by atoms with Crippen LogP contribution in [0.5, 0.6) is 5.75 Å². The molecule has 4 saturated heterocycles. The second kappa shape index (κ2) is 9.59. The van der Waals surface area contributed by atoms with Crippen LogP contribution in [0.2, 0.25) is 0 Å². The van der Waals surface area contributed by atoms with Crippen molar-refractivity contribution in [1.29, 1.82) is 0 Å². The molecule has 2 bridgehead atoms. The number of para-hydroxylation sites is 1. The predicted octanol–water partition coefficient (Wildman–Crippen LogP) is 4.86. The second-order valence-corrected chi connectivity index (χ2v) is 11.9. The Bertz CT molecular complexity index is 993. The molecule has 0 aliphatic carbocycles. The van der Waals surface area contributed by atoms with Crippen molar-refractivity contribution in [3.63, 3.8) is 0 Å². The van der Waals surface area contributed by atoms with Crippen LogP contribution in [0.1, 0.15) is 45.6 Å². The molecule has 188 valence electrons. The summed E-state index contributed by atoms with van der Waals surface area (Å²) in [6, 6.07) is 20.3. The number of hydrogen-bond acceptors (Lipinski definition) is 4. The van der Waals surface area contributed by atoms with Crippen LogP contribution in [0.3, 0.4) is 0 Å². The van der Waals surface area contributed by atoms with Crippen molar-refractivity contribution in [2.75, 3.05) is 45.9 Å². The first-order valence-electron chi connectivity index (χ1n) is 13.3. The quantitative estimate of drug-likeness (QED) is 0.294. The second-order valence-electron chi connectivity index (χ2n) is 11.9. The molecule has 0 spiro atoms. The Morgan fingerprint density at radius 1 is 1.03 bits per heavy atom. The molecule has 2 aromatic carbocycles. The van der Waals surface area contributed by atoms with Crippen molar-refractivity contribution in [2.45, 2.75) is 51.7 Å². The maximum Gasteiger partial charge on any atom is 0.331 e. The maximum absolute atomic E-state index is 13.9. The fourth-order valence-electron chi connectivity index (χ4n) is 6.52. The van der Waals surface area contributed by atoms with E-state index in [4.69, 9.17) is 9.47 Å². The monoisotopic (exact) mass is 477 g/mol. The van der Waals surface area contributed by atoms with Crippen molar-refractivity contribution in [2.24, 2.45) is 11.3 Å². The first-order valence-corrected chi connectivity index (χ1v) is 13.3. The van der Waals surface area contributed by atoms with Crippen LogP contribution >= 0.6 is 0 Å². The molecule has 0 amide bonds. The smallest absolute Gasteiger partial charge is 0.331 e.